The van der Waals surface area contributed by atoms with Crippen LogP contribution in [0, 0.1) is 17.8 Å². The molecule has 3 nitrogen and oxygen atoms in total. The maximum Gasteiger partial charge on any atom is 0.316 e. The number of ketones is 1. The highest BCUT2D eigenvalue weighted by atomic mass is 16.5. The fourth-order valence-corrected chi connectivity index (χ4v) is 2.70. The Kier molecular flexibility index (Phi) is 2.89. The number of esters is 1. The predicted molar refractivity (Wildman–Crippen MR) is 55.1 cm³/mol. The number of hydrogen-bond donors (Lipinski definition) is 0. The third-order valence-electron chi connectivity index (χ3n) is 3.40. The van der Waals surface area contributed by atoms with Gasteiger partial charge in [-0.2, -0.15) is 0 Å². The van der Waals surface area contributed by atoms with E-state index in [-0.39, 0.29) is 17.7 Å². The van der Waals surface area contributed by atoms with Crippen molar-refractivity contribution in [2.75, 3.05) is 6.61 Å². The molecule has 3 atom stereocenters. The molecule has 15 heavy (non-hydrogen) atoms. The van der Waals surface area contributed by atoms with Gasteiger partial charge in [-0.15, -0.1) is 0 Å². The van der Waals surface area contributed by atoms with E-state index in [0.29, 0.717) is 18.9 Å². The lowest BCUT2D eigenvalue weighted by Gasteiger charge is -2.23. The van der Waals surface area contributed by atoms with Crippen molar-refractivity contribution >= 4 is 11.8 Å². The summed E-state index contributed by atoms with van der Waals surface area (Å²) >= 11 is 0. The number of allylic oxidation sites excluding steroid dienone is 2. The molecule has 0 heterocycles. The quantitative estimate of drug-likeness (QED) is 0.394. The second kappa shape index (κ2) is 4.17. The van der Waals surface area contributed by atoms with Gasteiger partial charge in [0, 0.05) is 6.42 Å². The smallest absolute Gasteiger partial charge is 0.316 e. The number of hydrogen-bond acceptors (Lipinski definition) is 3. The Morgan fingerprint density at radius 2 is 2.20 bits per heavy atom. The molecule has 2 aliphatic rings. The van der Waals surface area contributed by atoms with Gasteiger partial charge in [0.25, 0.3) is 0 Å². The van der Waals surface area contributed by atoms with Gasteiger partial charge in [-0.25, -0.2) is 0 Å². The average molecular weight is 208 g/mol. The summed E-state index contributed by atoms with van der Waals surface area (Å²) in [7, 11) is 0. The van der Waals surface area contributed by atoms with Crippen molar-refractivity contribution in [3.63, 3.8) is 0 Å². The van der Waals surface area contributed by atoms with E-state index >= 15 is 0 Å². The van der Waals surface area contributed by atoms with Crippen LogP contribution in [0.25, 0.3) is 0 Å². The first-order chi connectivity index (χ1) is 7.24. The van der Waals surface area contributed by atoms with Gasteiger partial charge in [-0.05, 0) is 31.6 Å². The van der Waals surface area contributed by atoms with Gasteiger partial charge in [0.1, 0.15) is 11.7 Å². The van der Waals surface area contributed by atoms with Crippen LogP contribution >= 0.6 is 0 Å². The van der Waals surface area contributed by atoms with E-state index in [0.717, 1.165) is 12.8 Å². The van der Waals surface area contributed by atoms with Crippen LogP contribution < -0.4 is 0 Å². The van der Waals surface area contributed by atoms with E-state index in [2.05, 4.69) is 12.2 Å². The van der Waals surface area contributed by atoms with E-state index in [9.17, 15) is 9.59 Å². The van der Waals surface area contributed by atoms with Gasteiger partial charge < -0.3 is 4.74 Å². The van der Waals surface area contributed by atoms with E-state index < -0.39 is 5.92 Å². The Morgan fingerprint density at radius 1 is 1.47 bits per heavy atom. The molecule has 0 radical (unpaired) electrons. The maximum atomic E-state index is 11.7. The highest BCUT2D eigenvalue weighted by Gasteiger charge is 2.46. The van der Waals surface area contributed by atoms with Crippen LogP contribution in [-0.2, 0) is 14.3 Å². The molecule has 0 N–H and O–H groups in total. The monoisotopic (exact) mass is 208 g/mol. The first-order valence-corrected chi connectivity index (χ1v) is 5.58. The second-order valence-corrected chi connectivity index (χ2v) is 4.27. The summed E-state index contributed by atoms with van der Waals surface area (Å²) in [5.74, 6) is -0.157. The van der Waals surface area contributed by atoms with Gasteiger partial charge in [0.05, 0.1) is 6.61 Å². The minimum Gasteiger partial charge on any atom is -0.465 e. The SMILES string of the molecule is CCOC(=O)[C@@H]1C(=O)C[C@@H]2CC=CC[C@H]21. The van der Waals surface area contributed by atoms with Crippen LogP contribution in [0.15, 0.2) is 12.2 Å². The topological polar surface area (TPSA) is 43.4 Å². The Morgan fingerprint density at radius 3 is 2.93 bits per heavy atom. The van der Waals surface area contributed by atoms with Gasteiger partial charge in [0.15, 0.2) is 0 Å². The van der Waals surface area contributed by atoms with Crippen molar-refractivity contribution in [2.45, 2.75) is 26.2 Å². The Hall–Kier alpha value is -1.12. The molecule has 0 saturated heterocycles. The number of Topliss-reactive ketones (excluding diaryl/α,β-unsaturated/α-hetero) is 1. The minimum absolute atomic E-state index is 0.0761. The van der Waals surface area contributed by atoms with E-state index in [1.54, 1.807) is 6.92 Å². The van der Waals surface area contributed by atoms with E-state index in [1.807, 2.05) is 0 Å². The zero-order chi connectivity index (χ0) is 10.8. The van der Waals surface area contributed by atoms with Crippen LogP contribution in [0.5, 0.6) is 0 Å². The summed E-state index contributed by atoms with van der Waals surface area (Å²) in [5.41, 5.74) is 0. The normalized spacial score (nSPS) is 33.9. The molecule has 0 spiro atoms. The molecule has 2 rings (SSSR count). The second-order valence-electron chi connectivity index (χ2n) is 4.27. The first kappa shape index (κ1) is 10.4. The molecule has 0 aromatic rings. The van der Waals surface area contributed by atoms with Crippen molar-refractivity contribution in [2.24, 2.45) is 17.8 Å². The molecular weight excluding hydrogens is 192 g/mol. The van der Waals surface area contributed by atoms with Crippen LogP contribution in [0.2, 0.25) is 0 Å². The summed E-state index contributed by atoms with van der Waals surface area (Å²) in [6, 6.07) is 0. The molecule has 0 bridgehead atoms. The minimum atomic E-state index is -0.486. The molecule has 0 aromatic heterocycles. The number of rotatable bonds is 2. The van der Waals surface area contributed by atoms with Gasteiger partial charge in [-0.1, -0.05) is 12.2 Å². The van der Waals surface area contributed by atoms with Gasteiger partial charge in [0.2, 0.25) is 0 Å². The number of carbonyl (C=O) groups is 2. The average Bonchev–Trinajstić information content (AvgIpc) is 2.54. The molecule has 0 amide bonds. The third kappa shape index (κ3) is 1.83. The zero-order valence-electron chi connectivity index (χ0n) is 8.94. The van der Waals surface area contributed by atoms with Crippen LogP contribution in [0.3, 0.4) is 0 Å². The highest BCUT2D eigenvalue weighted by molar-refractivity contribution is 6.01. The predicted octanol–water partition coefficient (Wildman–Crippen LogP) is 1.72. The number of carbonyl (C=O) groups excluding carboxylic acids is 2. The van der Waals surface area contributed by atoms with Crippen molar-refractivity contribution in [1.82, 2.24) is 0 Å². The number of ether oxygens (including phenoxy) is 1. The van der Waals surface area contributed by atoms with Gasteiger partial charge in [-0.3, -0.25) is 9.59 Å². The Bertz CT molecular complexity index is 306. The highest BCUT2D eigenvalue weighted by Crippen LogP contribution is 2.42. The van der Waals surface area contributed by atoms with E-state index in [1.165, 1.54) is 0 Å². The summed E-state index contributed by atoms with van der Waals surface area (Å²) in [5, 5.41) is 0. The molecule has 1 fully saturated rings. The summed E-state index contributed by atoms with van der Waals surface area (Å²) in [4.78, 5) is 23.4. The van der Waals surface area contributed by atoms with Crippen molar-refractivity contribution < 1.29 is 14.3 Å². The summed E-state index contributed by atoms with van der Waals surface area (Å²) in [6.07, 6.45) is 6.53. The van der Waals surface area contributed by atoms with Crippen LogP contribution in [0.1, 0.15) is 26.2 Å². The fraction of sp³-hybridized carbons (Fsp3) is 0.667. The Balaban J connectivity index is 2.13. The van der Waals surface area contributed by atoms with E-state index in [4.69, 9.17) is 4.74 Å². The summed E-state index contributed by atoms with van der Waals surface area (Å²) in [6.45, 7) is 2.13. The molecule has 3 heteroatoms. The van der Waals surface area contributed by atoms with Crippen LogP contribution in [0.4, 0.5) is 0 Å². The lowest BCUT2D eigenvalue weighted by molar-refractivity contribution is -0.152. The Labute approximate surface area is 89.5 Å². The number of fused-ring (bicyclic) bond motifs is 1. The van der Waals surface area contributed by atoms with Crippen molar-refractivity contribution in [3.05, 3.63) is 12.2 Å². The third-order valence-corrected chi connectivity index (χ3v) is 3.40. The molecule has 2 aliphatic carbocycles. The largest absolute Gasteiger partial charge is 0.465 e. The van der Waals surface area contributed by atoms with Crippen LogP contribution in [-0.4, -0.2) is 18.4 Å². The van der Waals surface area contributed by atoms with Gasteiger partial charge >= 0.3 is 5.97 Å². The standard InChI is InChI=1S/C12H16O3/c1-2-15-12(14)11-9-6-4-3-5-8(9)7-10(11)13/h3-4,8-9,11H,2,5-7H2,1H3/t8-,9+,11-/m0/s1. The molecule has 0 unspecified atom stereocenters. The molecule has 1 saturated carbocycles. The molecule has 0 aromatic carbocycles. The molecule has 0 aliphatic heterocycles. The lowest BCUT2D eigenvalue weighted by Crippen LogP contribution is -2.28. The zero-order valence-corrected chi connectivity index (χ0v) is 8.94. The summed E-state index contributed by atoms with van der Waals surface area (Å²) < 4.78 is 4.96. The molecule has 82 valence electrons. The van der Waals surface area contributed by atoms with Crippen molar-refractivity contribution in [1.29, 1.82) is 0 Å². The molecular formula is C12H16O3. The fourth-order valence-electron chi connectivity index (χ4n) is 2.70. The maximum absolute atomic E-state index is 11.7. The van der Waals surface area contributed by atoms with Crippen molar-refractivity contribution in [3.8, 4) is 0 Å². The first-order valence-electron chi connectivity index (χ1n) is 5.58. The lowest BCUT2D eigenvalue weighted by atomic mass is 9.81.